The minimum Gasteiger partial charge on any atom is -0.433 e. The summed E-state index contributed by atoms with van der Waals surface area (Å²) >= 11 is 0. The van der Waals surface area contributed by atoms with Crippen molar-refractivity contribution in [2.45, 2.75) is 11.3 Å². The second kappa shape index (κ2) is 6.40. The maximum atomic E-state index is 12.9. The van der Waals surface area contributed by atoms with E-state index in [1.54, 1.807) is 48.5 Å². The number of aromatic nitrogens is 1. The van der Waals surface area contributed by atoms with Crippen molar-refractivity contribution in [1.82, 2.24) is 4.98 Å². The SMILES string of the molecule is O=S(=O)(Nc1nc(C(F)F)oc1-c1ccccc1)c1ccccc1. The molecule has 0 fully saturated rings. The van der Waals surface area contributed by atoms with Crippen molar-refractivity contribution in [3.05, 3.63) is 66.6 Å². The summed E-state index contributed by atoms with van der Waals surface area (Å²) in [6.45, 7) is 0. The van der Waals surface area contributed by atoms with Gasteiger partial charge in [0, 0.05) is 5.56 Å². The first-order chi connectivity index (χ1) is 11.5. The molecule has 0 saturated heterocycles. The number of sulfonamides is 1. The summed E-state index contributed by atoms with van der Waals surface area (Å²) in [4.78, 5) is 3.58. The lowest BCUT2D eigenvalue weighted by atomic mass is 10.2. The standard InChI is InChI=1S/C16H12F2N2O3S/c17-14(18)16-19-15(13(23-16)11-7-3-1-4-8-11)20-24(21,22)12-9-5-2-6-10-12/h1-10,14,20H. The van der Waals surface area contributed by atoms with Crippen molar-refractivity contribution in [1.29, 1.82) is 0 Å². The number of benzene rings is 2. The number of hydrogen-bond donors (Lipinski definition) is 1. The topological polar surface area (TPSA) is 72.2 Å². The van der Waals surface area contributed by atoms with Gasteiger partial charge in [-0.05, 0) is 12.1 Å². The Bertz CT molecular complexity index is 926. The molecule has 3 rings (SSSR count). The molecule has 24 heavy (non-hydrogen) atoms. The zero-order chi connectivity index (χ0) is 17.2. The van der Waals surface area contributed by atoms with Crippen molar-refractivity contribution in [3.63, 3.8) is 0 Å². The second-order valence-corrected chi connectivity index (χ2v) is 6.50. The predicted molar refractivity (Wildman–Crippen MR) is 84.1 cm³/mol. The summed E-state index contributed by atoms with van der Waals surface area (Å²) in [7, 11) is -3.97. The van der Waals surface area contributed by atoms with E-state index < -0.39 is 22.3 Å². The van der Waals surface area contributed by atoms with Crippen molar-refractivity contribution in [3.8, 4) is 11.3 Å². The molecular formula is C16H12F2N2O3S. The molecule has 1 N–H and O–H groups in total. The zero-order valence-corrected chi connectivity index (χ0v) is 13.0. The minimum atomic E-state index is -3.97. The molecule has 0 unspecified atom stereocenters. The van der Waals surface area contributed by atoms with Gasteiger partial charge in [-0.2, -0.15) is 13.8 Å². The van der Waals surface area contributed by atoms with Gasteiger partial charge >= 0.3 is 6.43 Å². The molecule has 0 spiro atoms. The second-order valence-electron chi connectivity index (χ2n) is 4.82. The molecule has 0 saturated carbocycles. The van der Waals surface area contributed by atoms with E-state index in [4.69, 9.17) is 4.42 Å². The van der Waals surface area contributed by atoms with Crippen LogP contribution in [-0.2, 0) is 10.0 Å². The molecule has 0 atom stereocenters. The maximum absolute atomic E-state index is 12.9. The van der Waals surface area contributed by atoms with E-state index in [0.717, 1.165) is 0 Å². The van der Waals surface area contributed by atoms with Crippen LogP contribution in [0.1, 0.15) is 12.3 Å². The van der Waals surface area contributed by atoms with E-state index in [0.29, 0.717) is 5.56 Å². The van der Waals surface area contributed by atoms with Crippen LogP contribution in [0.5, 0.6) is 0 Å². The fourth-order valence-corrected chi connectivity index (χ4v) is 3.10. The largest absolute Gasteiger partial charge is 0.433 e. The van der Waals surface area contributed by atoms with Crippen LogP contribution in [0, 0.1) is 0 Å². The lowest BCUT2D eigenvalue weighted by molar-refractivity contribution is 0.116. The first-order valence-electron chi connectivity index (χ1n) is 6.89. The Labute approximate surface area is 137 Å². The highest BCUT2D eigenvalue weighted by Crippen LogP contribution is 2.33. The number of oxazole rings is 1. The summed E-state index contributed by atoms with van der Waals surface area (Å²) in [5, 5.41) is 0. The van der Waals surface area contributed by atoms with Gasteiger partial charge in [0.25, 0.3) is 15.9 Å². The molecule has 0 aliphatic heterocycles. The van der Waals surface area contributed by atoms with Gasteiger partial charge < -0.3 is 4.42 Å². The highest BCUT2D eigenvalue weighted by Gasteiger charge is 2.25. The van der Waals surface area contributed by atoms with Crippen molar-refractivity contribution in [2.24, 2.45) is 0 Å². The number of hydrogen-bond acceptors (Lipinski definition) is 4. The molecule has 0 aliphatic carbocycles. The molecule has 0 radical (unpaired) electrons. The molecule has 8 heteroatoms. The zero-order valence-electron chi connectivity index (χ0n) is 12.2. The van der Waals surface area contributed by atoms with Gasteiger partial charge in [0.05, 0.1) is 4.90 Å². The molecule has 1 aromatic heterocycles. The van der Waals surface area contributed by atoms with Crippen LogP contribution in [0.2, 0.25) is 0 Å². The highest BCUT2D eigenvalue weighted by atomic mass is 32.2. The van der Waals surface area contributed by atoms with Crippen molar-refractivity contribution >= 4 is 15.8 Å². The van der Waals surface area contributed by atoms with Gasteiger partial charge in [-0.15, -0.1) is 0 Å². The summed E-state index contributed by atoms with van der Waals surface area (Å²) in [5.41, 5.74) is 0.433. The molecule has 0 aliphatic rings. The number of halogens is 2. The van der Waals surface area contributed by atoms with Gasteiger partial charge in [-0.25, -0.2) is 8.42 Å². The van der Waals surface area contributed by atoms with E-state index in [1.807, 2.05) is 0 Å². The molecule has 2 aromatic carbocycles. The Morgan fingerprint density at radius 1 is 0.958 bits per heavy atom. The maximum Gasteiger partial charge on any atom is 0.313 e. The molecule has 0 bridgehead atoms. The van der Waals surface area contributed by atoms with E-state index in [9.17, 15) is 17.2 Å². The first kappa shape index (κ1) is 16.1. The quantitative estimate of drug-likeness (QED) is 0.752. The molecule has 1 heterocycles. The normalized spacial score (nSPS) is 11.6. The summed E-state index contributed by atoms with van der Waals surface area (Å²) < 4.78 is 57.8. The molecular weight excluding hydrogens is 338 g/mol. The third kappa shape index (κ3) is 3.28. The van der Waals surface area contributed by atoms with Crippen LogP contribution in [0.15, 0.2) is 70.0 Å². The van der Waals surface area contributed by atoms with E-state index >= 15 is 0 Å². The van der Waals surface area contributed by atoms with E-state index in [1.165, 1.54) is 12.1 Å². The fraction of sp³-hybridized carbons (Fsp3) is 0.0625. The molecule has 5 nitrogen and oxygen atoms in total. The van der Waals surface area contributed by atoms with Crippen LogP contribution in [-0.4, -0.2) is 13.4 Å². The number of nitrogens with one attached hydrogen (secondary N) is 1. The lowest BCUT2D eigenvalue weighted by Crippen LogP contribution is -2.13. The Kier molecular flexibility index (Phi) is 4.30. The number of alkyl halides is 2. The Morgan fingerprint density at radius 2 is 1.54 bits per heavy atom. The fourth-order valence-electron chi connectivity index (χ4n) is 2.07. The summed E-state index contributed by atoms with van der Waals surface area (Å²) in [6, 6.07) is 15.9. The highest BCUT2D eigenvalue weighted by molar-refractivity contribution is 7.92. The minimum absolute atomic E-state index is 0.00870. The van der Waals surface area contributed by atoms with Crippen LogP contribution < -0.4 is 4.72 Å². The Balaban J connectivity index is 2.04. The summed E-state index contributed by atoms with van der Waals surface area (Å²) in [5.74, 6) is -1.19. The van der Waals surface area contributed by atoms with Gasteiger partial charge in [0.15, 0.2) is 11.6 Å². The van der Waals surface area contributed by atoms with Gasteiger partial charge in [-0.1, -0.05) is 48.5 Å². The third-order valence-electron chi connectivity index (χ3n) is 3.15. The number of rotatable bonds is 5. The molecule has 124 valence electrons. The van der Waals surface area contributed by atoms with E-state index in [-0.39, 0.29) is 16.5 Å². The number of anilines is 1. The number of nitrogens with zero attached hydrogens (tertiary/aromatic N) is 1. The van der Waals surface area contributed by atoms with Crippen LogP contribution in [0.3, 0.4) is 0 Å². The third-order valence-corrected chi connectivity index (χ3v) is 4.51. The smallest absolute Gasteiger partial charge is 0.313 e. The van der Waals surface area contributed by atoms with Gasteiger partial charge in [0.1, 0.15) is 0 Å². The Morgan fingerprint density at radius 3 is 2.12 bits per heavy atom. The van der Waals surface area contributed by atoms with Crippen LogP contribution in [0.4, 0.5) is 14.6 Å². The van der Waals surface area contributed by atoms with Gasteiger partial charge in [0.2, 0.25) is 0 Å². The lowest BCUT2D eigenvalue weighted by Gasteiger charge is -2.06. The molecule has 0 amide bonds. The average molecular weight is 350 g/mol. The summed E-state index contributed by atoms with van der Waals surface area (Å²) in [6.07, 6.45) is -2.96. The Hall–Kier alpha value is -2.74. The van der Waals surface area contributed by atoms with E-state index in [2.05, 4.69) is 9.71 Å². The monoisotopic (exact) mass is 350 g/mol. The van der Waals surface area contributed by atoms with Gasteiger partial charge in [-0.3, -0.25) is 4.72 Å². The average Bonchev–Trinajstić information content (AvgIpc) is 3.00. The predicted octanol–water partition coefficient (Wildman–Crippen LogP) is 4.08. The molecule has 3 aromatic rings. The first-order valence-corrected chi connectivity index (χ1v) is 8.38. The van der Waals surface area contributed by atoms with Crippen LogP contribution >= 0.6 is 0 Å². The van der Waals surface area contributed by atoms with Crippen LogP contribution in [0.25, 0.3) is 11.3 Å². The van der Waals surface area contributed by atoms with Crippen molar-refractivity contribution in [2.75, 3.05) is 4.72 Å². The van der Waals surface area contributed by atoms with Crippen molar-refractivity contribution < 1.29 is 21.6 Å².